The second-order valence-electron chi connectivity index (χ2n) is 6.65. The standard InChI is InChI=1S/C18H19IN2O3S/c1-13-4-7-15(8-5-13)25(22,23)24-12-18(2,3)14-6-9-17-16(19)10-20-21(17)11-14/h4-11H,12H2,1-3H3. The first-order valence-corrected chi connectivity index (χ1v) is 10.3. The minimum Gasteiger partial charge on any atom is -0.265 e. The number of rotatable bonds is 5. The van der Waals surface area contributed by atoms with Gasteiger partial charge < -0.3 is 0 Å². The van der Waals surface area contributed by atoms with E-state index in [1.165, 1.54) is 0 Å². The minimum atomic E-state index is -3.78. The van der Waals surface area contributed by atoms with Crippen molar-refractivity contribution in [3.05, 3.63) is 63.5 Å². The molecule has 2 aromatic heterocycles. The van der Waals surface area contributed by atoms with Gasteiger partial charge in [-0.1, -0.05) is 37.6 Å². The second-order valence-corrected chi connectivity index (χ2v) is 9.43. The normalized spacial score (nSPS) is 12.6. The second kappa shape index (κ2) is 6.69. The molecule has 0 amide bonds. The van der Waals surface area contributed by atoms with Gasteiger partial charge in [0.2, 0.25) is 0 Å². The van der Waals surface area contributed by atoms with Crippen LogP contribution in [0.3, 0.4) is 0 Å². The summed E-state index contributed by atoms with van der Waals surface area (Å²) in [4.78, 5) is 0.172. The van der Waals surface area contributed by atoms with E-state index in [-0.39, 0.29) is 11.5 Å². The number of fused-ring (bicyclic) bond motifs is 1. The predicted molar refractivity (Wildman–Crippen MR) is 105 cm³/mol. The molecule has 0 bridgehead atoms. The van der Waals surface area contributed by atoms with Gasteiger partial charge >= 0.3 is 0 Å². The van der Waals surface area contributed by atoms with Gasteiger partial charge in [-0.3, -0.25) is 4.18 Å². The highest BCUT2D eigenvalue weighted by Crippen LogP contribution is 2.27. The predicted octanol–water partition coefficient (Wildman–Crippen LogP) is 3.93. The number of hydrogen-bond acceptors (Lipinski definition) is 4. The molecule has 0 aliphatic rings. The smallest absolute Gasteiger partial charge is 0.265 e. The number of nitrogens with zero attached hydrogens (tertiary/aromatic N) is 2. The van der Waals surface area contributed by atoms with E-state index in [0.29, 0.717) is 0 Å². The SMILES string of the molecule is Cc1ccc(S(=O)(=O)OCC(C)(C)c2ccc3c(I)cnn3c2)cc1. The highest BCUT2D eigenvalue weighted by molar-refractivity contribution is 14.1. The zero-order chi connectivity index (χ0) is 18.2. The van der Waals surface area contributed by atoms with Gasteiger partial charge in [-0.25, -0.2) is 4.52 Å². The first-order chi connectivity index (χ1) is 11.7. The van der Waals surface area contributed by atoms with E-state index in [1.807, 2.05) is 39.1 Å². The third kappa shape index (κ3) is 3.88. The lowest BCUT2D eigenvalue weighted by Gasteiger charge is -2.24. The van der Waals surface area contributed by atoms with Gasteiger partial charge in [0, 0.05) is 11.6 Å². The topological polar surface area (TPSA) is 60.7 Å². The van der Waals surface area contributed by atoms with Crippen molar-refractivity contribution < 1.29 is 12.6 Å². The summed E-state index contributed by atoms with van der Waals surface area (Å²) >= 11 is 2.23. The van der Waals surface area contributed by atoms with Gasteiger partial charge in [-0.2, -0.15) is 13.5 Å². The zero-order valence-electron chi connectivity index (χ0n) is 14.2. The molecule has 2 heterocycles. The van der Waals surface area contributed by atoms with Gasteiger partial charge in [0.1, 0.15) is 0 Å². The lowest BCUT2D eigenvalue weighted by Crippen LogP contribution is -2.27. The Bertz CT molecular complexity index is 1010. The average molecular weight is 470 g/mol. The number of pyridine rings is 1. The molecule has 0 fully saturated rings. The third-order valence-electron chi connectivity index (χ3n) is 4.14. The van der Waals surface area contributed by atoms with Gasteiger partial charge in [-0.15, -0.1) is 0 Å². The van der Waals surface area contributed by atoms with Crippen LogP contribution >= 0.6 is 22.6 Å². The van der Waals surface area contributed by atoms with Crippen LogP contribution in [0, 0.1) is 10.5 Å². The highest BCUT2D eigenvalue weighted by Gasteiger charge is 2.26. The fraction of sp³-hybridized carbons (Fsp3) is 0.278. The maximum Gasteiger partial charge on any atom is 0.297 e. The fourth-order valence-electron chi connectivity index (χ4n) is 2.43. The Morgan fingerprint density at radius 3 is 2.52 bits per heavy atom. The Labute approximate surface area is 161 Å². The van der Waals surface area contributed by atoms with Crippen LogP contribution < -0.4 is 0 Å². The molecule has 0 spiro atoms. The van der Waals surface area contributed by atoms with Gasteiger partial charge in [0.05, 0.1) is 26.8 Å². The molecule has 0 saturated carbocycles. The van der Waals surface area contributed by atoms with Crippen molar-refractivity contribution in [1.29, 1.82) is 0 Å². The van der Waals surface area contributed by atoms with Crippen molar-refractivity contribution in [3.63, 3.8) is 0 Å². The summed E-state index contributed by atoms with van der Waals surface area (Å²) < 4.78 is 33.0. The first kappa shape index (κ1) is 18.3. The van der Waals surface area contributed by atoms with E-state index in [1.54, 1.807) is 35.0 Å². The summed E-state index contributed by atoms with van der Waals surface area (Å²) in [5.74, 6) is 0. The van der Waals surface area contributed by atoms with E-state index in [9.17, 15) is 8.42 Å². The summed E-state index contributed by atoms with van der Waals surface area (Å²) in [6, 6.07) is 10.6. The molecular weight excluding hydrogens is 451 g/mol. The molecule has 0 aliphatic carbocycles. The van der Waals surface area contributed by atoms with E-state index >= 15 is 0 Å². The Balaban J connectivity index is 1.81. The van der Waals surface area contributed by atoms with E-state index in [4.69, 9.17) is 4.18 Å². The monoisotopic (exact) mass is 470 g/mol. The molecule has 3 aromatic rings. The van der Waals surface area contributed by atoms with Crippen molar-refractivity contribution in [2.24, 2.45) is 0 Å². The molecule has 5 nitrogen and oxygen atoms in total. The fourth-order valence-corrected chi connectivity index (χ4v) is 4.04. The van der Waals surface area contributed by atoms with Crippen LogP contribution in [-0.4, -0.2) is 24.6 Å². The summed E-state index contributed by atoms with van der Waals surface area (Å²) in [6.07, 6.45) is 3.71. The number of benzene rings is 1. The van der Waals surface area contributed by atoms with E-state index in [2.05, 4.69) is 27.7 Å². The van der Waals surface area contributed by atoms with Crippen molar-refractivity contribution in [1.82, 2.24) is 9.61 Å². The molecule has 0 saturated heterocycles. The van der Waals surface area contributed by atoms with Crippen molar-refractivity contribution in [2.45, 2.75) is 31.1 Å². The van der Waals surface area contributed by atoms with Crippen LogP contribution in [0.2, 0.25) is 0 Å². The summed E-state index contributed by atoms with van der Waals surface area (Å²) in [5.41, 5.74) is 2.50. The van der Waals surface area contributed by atoms with Crippen LogP contribution in [0.15, 0.2) is 53.7 Å². The molecule has 132 valence electrons. The number of hydrogen-bond donors (Lipinski definition) is 0. The Morgan fingerprint density at radius 2 is 1.84 bits per heavy atom. The van der Waals surface area contributed by atoms with Gasteiger partial charge in [0.25, 0.3) is 10.1 Å². The molecule has 1 aromatic carbocycles. The Hall–Kier alpha value is -1.45. The molecule has 7 heteroatoms. The molecule has 0 unspecified atom stereocenters. The van der Waals surface area contributed by atoms with E-state index in [0.717, 1.165) is 20.2 Å². The van der Waals surface area contributed by atoms with E-state index < -0.39 is 15.5 Å². The van der Waals surface area contributed by atoms with Crippen molar-refractivity contribution >= 4 is 38.2 Å². The van der Waals surface area contributed by atoms with Crippen LogP contribution in [0.5, 0.6) is 0 Å². The van der Waals surface area contributed by atoms with Crippen LogP contribution in [-0.2, 0) is 19.7 Å². The summed E-state index contributed by atoms with van der Waals surface area (Å²) in [7, 11) is -3.78. The number of aryl methyl sites for hydroxylation is 1. The Morgan fingerprint density at radius 1 is 1.16 bits per heavy atom. The molecule has 25 heavy (non-hydrogen) atoms. The van der Waals surface area contributed by atoms with Crippen molar-refractivity contribution in [3.8, 4) is 0 Å². The number of aromatic nitrogens is 2. The van der Waals surface area contributed by atoms with Crippen molar-refractivity contribution in [2.75, 3.05) is 6.61 Å². The van der Waals surface area contributed by atoms with Crippen LogP contribution in [0.4, 0.5) is 0 Å². The lowest BCUT2D eigenvalue weighted by atomic mass is 9.87. The molecule has 0 radical (unpaired) electrons. The summed E-state index contributed by atoms with van der Waals surface area (Å²) in [6.45, 7) is 5.86. The maximum atomic E-state index is 12.4. The number of halogens is 1. The first-order valence-electron chi connectivity index (χ1n) is 7.78. The maximum absolute atomic E-state index is 12.4. The molecular formula is C18H19IN2O3S. The van der Waals surface area contributed by atoms with Crippen LogP contribution in [0.25, 0.3) is 5.52 Å². The molecule has 0 aliphatic heterocycles. The quantitative estimate of drug-likeness (QED) is 0.419. The third-order valence-corrected chi connectivity index (χ3v) is 6.24. The lowest BCUT2D eigenvalue weighted by molar-refractivity contribution is 0.245. The highest BCUT2D eigenvalue weighted by atomic mass is 127. The van der Waals surface area contributed by atoms with Gasteiger partial charge in [0.15, 0.2) is 0 Å². The Kier molecular flexibility index (Phi) is 4.91. The molecule has 3 rings (SSSR count). The molecule has 0 atom stereocenters. The largest absolute Gasteiger partial charge is 0.297 e. The van der Waals surface area contributed by atoms with Crippen LogP contribution in [0.1, 0.15) is 25.0 Å². The van der Waals surface area contributed by atoms with Gasteiger partial charge in [-0.05, 0) is 53.3 Å². The summed E-state index contributed by atoms with van der Waals surface area (Å²) in [5, 5.41) is 4.31. The minimum absolute atomic E-state index is 0.0487. The zero-order valence-corrected chi connectivity index (χ0v) is 17.2. The molecule has 0 N–H and O–H groups in total. The average Bonchev–Trinajstić information content (AvgIpc) is 2.94.